The van der Waals surface area contributed by atoms with Gasteiger partial charge in [-0.2, -0.15) is 0 Å². The van der Waals surface area contributed by atoms with Crippen LogP contribution in [0.3, 0.4) is 0 Å². The van der Waals surface area contributed by atoms with Crippen LogP contribution < -0.4 is 28.4 Å². The van der Waals surface area contributed by atoms with Gasteiger partial charge >= 0.3 is 0 Å². The lowest BCUT2D eigenvalue weighted by atomic mass is 9.89. The Balaban J connectivity index is 1.79. The fourth-order valence-corrected chi connectivity index (χ4v) is 3.57. The Bertz CT molecular complexity index is 816. The summed E-state index contributed by atoms with van der Waals surface area (Å²) >= 11 is 0. The minimum Gasteiger partial charge on any atom is -0.493 e. The third-order valence-electron chi connectivity index (χ3n) is 4.78. The molecule has 2 aliphatic heterocycles. The number of hydrogen-bond acceptors (Lipinski definition) is 6. The van der Waals surface area contributed by atoms with E-state index in [0.717, 1.165) is 16.9 Å². The molecule has 6 heteroatoms. The molecule has 0 saturated heterocycles. The maximum absolute atomic E-state index is 6.24. The fourth-order valence-electron chi connectivity index (χ4n) is 3.57. The second-order valence-corrected chi connectivity index (χ2v) is 5.92. The molecule has 25 heavy (non-hydrogen) atoms. The van der Waals surface area contributed by atoms with Crippen molar-refractivity contribution in [3.63, 3.8) is 0 Å². The standard InChI is InChI=1S/C19H20O6/c1-20-13-6-5-10-17-12(9-24-18(10)19(13)23-4)11-7-15(21-2)16(22-3)8-14(11)25-17/h5-8,12,17H,9H2,1-4H3/t12-,17-/m0/s1. The first-order valence-electron chi connectivity index (χ1n) is 8.02. The summed E-state index contributed by atoms with van der Waals surface area (Å²) in [6.07, 6.45) is -0.143. The SMILES string of the molecule is COc1cc2c(cc1OC)[C@@H]1COc3c(ccc(OC)c3OC)[C@@H]1O2. The Labute approximate surface area is 146 Å². The topological polar surface area (TPSA) is 55.4 Å². The first-order valence-corrected chi connectivity index (χ1v) is 8.02. The van der Waals surface area contributed by atoms with Gasteiger partial charge in [-0.1, -0.05) is 0 Å². The molecule has 2 heterocycles. The zero-order valence-electron chi connectivity index (χ0n) is 14.6. The van der Waals surface area contributed by atoms with E-state index < -0.39 is 0 Å². The summed E-state index contributed by atoms with van der Waals surface area (Å²) in [5.41, 5.74) is 2.01. The molecule has 0 radical (unpaired) electrons. The Morgan fingerprint density at radius 1 is 0.840 bits per heavy atom. The quantitative estimate of drug-likeness (QED) is 0.848. The Hall–Kier alpha value is -2.76. The van der Waals surface area contributed by atoms with Crippen LogP contribution in [-0.2, 0) is 0 Å². The number of hydrogen-bond donors (Lipinski definition) is 0. The fraction of sp³-hybridized carbons (Fsp3) is 0.368. The molecule has 132 valence electrons. The van der Waals surface area contributed by atoms with Crippen molar-refractivity contribution in [2.45, 2.75) is 12.0 Å². The summed E-state index contributed by atoms with van der Waals surface area (Å²) in [7, 11) is 6.45. The lowest BCUT2D eigenvalue weighted by Gasteiger charge is -2.29. The van der Waals surface area contributed by atoms with Crippen LogP contribution in [0.4, 0.5) is 0 Å². The van der Waals surface area contributed by atoms with Gasteiger partial charge in [0.25, 0.3) is 0 Å². The van der Waals surface area contributed by atoms with Crippen LogP contribution in [0.1, 0.15) is 23.1 Å². The smallest absolute Gasteiger partial charge is 0.203 e. The highest BCUT2D eigenvalue weighted by Gasteiger charge is 2.43. The molecule has 6 nitrogen and oxygen atoms in total. The van der Waals surface area contributed by atoms with Crippen molar-refractivity contribution in [3.8, 4) is 34.5 Å². The van der Waals surface area contributed by atoms with Crippen LogP contribution in [0.5, 0.6) is 34.5 Å². The zero-order valence-corrected chi connectivity index (χ0v) is 14.6. The third kappa shape index (κ3) is 2.24. The second-order valence-electron chi connectivity index (χ2n) is 5.92. The summed E-state index contributed by atoms with van der Waals surface area (Å²) in [5.74, 6) is 4.11. The van der Waals surface area contributed by atoms with Gasteiger partial charge in [-0.15, -0.1) is 0 Å². The van der Waals surface area contributed by atoms with E-state index in [9.17, 15) is 0 Å². The van der Waals surface area contributed by atoms with Gasteiger partial charge in [0.1, 0.15) is 11.9 Å². The highest BCUT2D eigenvalue weighted by Crippen LogP contribution is 2.56. The molecular formula is C19H20O6. The van der Waals surface area contributed by atoms with Crippen molar-refractivity contribution in [1.29, 1.82) is 0 Å². The Morgan fingerprint density at radius 2 is 1.56 bits per heavy atom. The highest BCUT2D eigenvalue weighted by atomic mass is 16.5. The number of benzene rings is 2. The lowest BCUT2D eigenvalue weighted by molar-refractivity contribution is 0.135. The minimum atomic E-state index is -0.143. The van der Waals surface area contributed by atoms with Gasteiger partial charge in [0.2, 0.25) is 5.75 Å². The van der Waals surface area contributed by atoms with Crippen molar-refractivity contribution in [2.24, 2.45) is 0 Å². The highest BCUT2D eigenvalue weighted by molar-refractivity contribution is 5.61. The summed E-state index contributed by atoms with van der Waals surface area (Å²) in [6.45, 7) is 0.490. The van der Waals surface area contributed by atoms with Gasteiger partial charge in [-0.3, -0.25) is 0 Å². The number of ether oxygens (including phenoxy) is 6. The molecule has 0 saturated carbocycles. The summed E-state index contributed by atoms with van der Waals surface area (Å²) in [6, 6.07) is 7.67. The van der Waals surface area contributed by atoms with Gasteiger partial charge < -0.3 is 28.4 Å². The molecule has 0 fully saturated rings. The maximum Gasteiger partial charge on any atom is 0.203 e. The monoisotopic (exact) mass is 344 g/mol. The Kier molecular flexibility index (Phi) is 3.75. The Morgan fingerprint density at radius 3 is 2.24 bits per heavy atom. The molecule has 2 aromatic carbocycles. The van der Waals surface area contributed by atoms with Crippen LogP contribution in [0.15, 0.2) is 24.3 Å². The molecule has 0 spiro atoms. The third-order valence-corrected chi connectivity index (χ3v) is 4.78. The first kappa shape index (κ1) is 15.7. The maximum atomic E-state index is 6.24. The zero-order chi connectivity index (χ0) is 17.6. The van der Waals surface area contributed by atoms with Gasteiger partial charge in [-0.25, -0.2) is 0 Å². The van der Waals surface area contributed by atoms with E-state index in [0.29, 0.717) is 35.4 Å². The molecule has 0 bridgehead atoms. The largest absolute Gasteiger partial charge is 0.493 e. The predicted octanol–water partition coefficient (Wildman–Crippen LogP) is 3.33. The van der Waals surface area contributed by atoms with E-state index >= 15 is 0 Å². The number of fused-ring (bicyclic) bond motifs is 5. The van der Waals surface area contributed by atoms with Crippen molar-refractivity contribution in [2.75, 3.05) is 35.0 Å². The van der Waals surface area contributed by atoms with Crippen LogP contribution in [0, 0.1) is 0 Å². The van der Waals surface area contributed by atoms with Crippen molar-refractivity contribution in [1.82, 2.24) is 0 Å². The van der Waals surface area contributed by atoms with Crippen LogP contribution >= 0.6 is 0 Å². The molecule has 0 amide bonds. The average molecular weight is 344 g/mol. The molecule has 0 aliphatic carbocycles. The van der Waals surface area contributed by atoms with E-state index in [4.69, 9.17) is 28.4 Å². The van der Waals surface area contributed by atoms with Crippen LogP contribution in [0.25, 0.3) is 0 Å². The minimum absolute atomic E-state index is 0.0837. The summed E-state index contributed by atoms with van der Waals surface area (Å²) in [4.78, 5) is 0. The van der Waals surface area contributed by atoms with Crippen molar-refractivity contribution < 1.29 is 28.4 Å². The van der Waals surface area contributed by atoms with Gasteiger partial charge in [0.15, 0.2) is 23.0 Å². The van der Waals surface area contributed by atoms with E-state index in [1.165, 1.54) is 0 Å². The summed E-state index contributed by atoms with van der Waals surface area (Å²) < 4.78 is 33.9. The van der Waals surface area contributed by atoms with E-state index in [2.05, 4.69) is 0 Å². The molecule has 2 atom stereocenters. The number of methoxy groups -OCH3 is 4. The first-order chi connectivity index (χ1) is 12.2. The molecule has 2 aromatic rings. The van der Waals surface area contributed by atoms with E-state index in [1.807, 2.05) is 24.3 Å². The molecule has 0 N–H and O–H groups in total. The normalized spacial score (nSPS) is 19.7. The van der Waals surface area contributed by atoms with Gasteiger partial charge in [-0.05, 0) is 18.2 Å². The van der Waals surface area contributed by atoms with Gasteiger partial charge in [0.05, 0.1) is 41.0 Å². The number of rotatable bonds is 4. The average Bonchev–Trinajstić information content (AvgIpc) is 3.03. The summed E-state index contributed by atoms with van der Waals surface area (Å²) in [5, 5.41) is 0. The van der Waals surface area contributed by atoms with Crippen molar-refractivity contribution >= 4 is 0 Å². The van der Waals surface area contributed by atoms with Gasteiger partial charge in [0, 0.05) is 17.2 Å². The molecule has 4 rings (SSSR count). The molecule has 0 unspecified atom stereocenters. The molecular weight excluding hydrogens is 324 g/mol. The lowest BCUT2D eigenvalue weighted by Crippen LogP contribution is -2.23. The van der Waals surface area contributed by atoms with Crippen molar-refractivity contribution in [3.05, 3.63) is 35.4 Å². The van der Waals surface area contributed by atoms with Crippen LogP contribution in [0.2, 0.25) is 0 Å². The second kappa shape index (κ2) is 5.95. The van der Waals surface area contributed by atoms with E-state index in [1.54, 1.807) is 28.4 Å². The molecule has 0 aromatic heterocycles. The molecule has 2 aliphatic rings. The van der Waals surface area contributed by atoms with E-state index in [-0.39, 0.29) is 12.0 Å². The predicted molar refractivity (Wildman–Crippen MR) is 90.7 cm³/mol. The van der Waals surface area contributed by atoms with Crippen LogP contribution in [-0.4, -0.2) is 35.0 Å².